The third kappa shape index (κ3) is 3.06. The van der Waals surface area contributed by atoms with Gasteiger partial charge in [0, 0.05) is 18.0 Å². The number of pyridine rings is 1. The van der Waals surface area contributed by atoms with Crippen LogP contribution in [0.25, 0.3) is 0 Å². The molecule has 0 amide bonds. The fourth-order valence-corrected chi connectivity index (χ4v) is 5.34. The van der Waals surface area contributed by atoms with E-state index in [1.807, 2.05) is 30.1 Å². The molecule has 2 aliphatic rings. The lowest BCUT2D eigenvalue weighted by molar-refractivity contribution is 0.253. The van der Waals surface area contributed by atoms with E-state index in [1.165, 1.54) is 11.1 Å². The van der Waals surface area contributed by atoms with Crippen LogP contribution in [0.4, 0.5) is 0 Å². The predicted molar refractivity (Wildman–Crippen MR) is 110 cm³/mol. The molecule has 3 heterocycles. The fraction of sp³-hybridized carbons (Fsp3) is 0.429. The van der Waals surface area contributed by atoms with Crippen molar-refractivity contribution in [1.29, 1.82) is 0 Å². The van der Waals surface area contributed by atoms with Gasteiger partial charge in [-0.05, 0) is 48.7 Å². The van der Waals surface area contributed by atoms with E-state index >= 15 is 0 Å². The molecule has 3 atom stereocenters. The molecule has 1 aromatic heterocycles. The Morgan fingerprint density at radius 1 is 1.19 bits per heavy atom. The van der Waals surface area contributed by atoms with E-state index in [4.69, 9.17) is 14.5 Å². The van der Waals surface area contributed by atoms with Crippen LogP contribution in [-0.4, -0.2) is 41.1 Å². The molecule has 6 heteroatoms. The van der Waals surface area contributed by atoms with Crippen LogP contribution >= 0.6 is 11.8 Å². The average molecular weight is 384 g/mol. The molecule has 2 aromatic rings. The van der Waals surface area contributed by atoms with E-state index in [0.717, 1.165) is 34.5 Å². The summed E-state index contributed by atoms with van der Waals surface area (Å²) in [6.45, 7) is 4.38. The van der Waals surface area contributed by atoms with Gasteiger partial charge in [-0.2, -0.15) is 0 Å². The first-order chi connectivity index (χ1) is 13.2. The van der Waals surface area contributed by atoms with E-state index in [9.17, 15) is 0 Å². The second-order valence-electron chi connectivity index (χ2n) is 6.90. The minimum absolute atomic E-state index is 0.0140. The Hall–Kier alpha value is -2.21. The molecule has 27 heavy (non-hydrogen) atoms. The summed E-state index contributed by atoms with van der Waals surface area (Å²) in [6.07, 6.45) is 2.95. The van der Waals surface area contributed by atoms with Crippen molar-refractivity contribution in [2.45, 2.75) is 38.4 Å². The summed E-state index contributed by atoms with van der Waals surface area (Å²) >= 11 is 1.86. The van der Waals surface area contributed by atoms with Crippen LogP contribution < -0.4 is 9.47 Å². The van der Waals surface area contributed by atoms with E-state index in [2.05, 4.69) is 41.9 Å². The minimum Gasteiger partial charge on any atom is -0.493 e. The standard InChI is InChI=1S/C21H25N3O2S/c1-5-14-12-27-21-23-19(16-8-6-7-9-22-16)20(24(14)21)15-11-18(26-4)17(25-3)10-13(15)2/h6-11,14,19-20H,5,12H2,1-4H3/t14-,19+,20+/m0/s1. The molecule has 1 fully saturated rings. The third-order valence-electron chi connectivity index (χ3n) is 5.42. The number of benzene rings is 1. The highest BCUT2D eigenvalue weighted by atomic mass is 32.2. The average Bonchev–Trinajstić information content (AvgIpc) is 3.27. The highest BCUT2D eigenvalue weighted by molar-refractivity contribution is 8.14. The Labute approximate surface area is 164 Å². The number of aliphatic imine (C=N–C) groups is 1. The highest BCUT2D eigenvalue weighted by Crippen LogP contribution is 2.50. The van der Waals surface area contributed by atoms with Gasteiger partial charge in [0.2, 0.25) is 0 Å². The van der Waals surface area contributed by atoms with Gasteiger partial charge >= 0.3 is 0 Å². The van der Waals surface area contributed by atoms with Crippen molar-refractivity contribution < 1.29 is 9.47 Å². The number of thioether (sulfide) groups is 1. The molecule has 0 radical (unpaired) electrons. The van der Waals surface area contributed by atoms with Crippen molar-refractivity contribution in [3.05, 3.63) is 53.3 Å². The normalized spacial score (nSPS) is 23.9. The lowest BCUT2D eigenvalue weighted by atomic mass is 9.91. The van der Waals surface area contributed by atoms with Crippen molar-refractivity contribution in [2.24, 2.45) is 4.99 Å². The molecule has 0 unspecified atom stereocenters. The van der Waals surface area contributed by atoms with Gasteiger partial charge in [-0.1, -0.05) is 24.8 Å². The third-order valence-corrected chi connectivity index (χ3v) is 6.55. The summed E-state index contributed by atoms with van der Waals surface area (Å²) in [5.74, 6) is 2.61. The Morgan fingerprint density at radius 3 is 2.63 bits per heavy atom. The number of nitrogens with zero attached hydrogens (tertiary/aromatic N) is 3. The first kappa shape index (κ1) is 18.2. The molecule has 0 aliphatic carbocycles. The van der Waals surface area contributed by atoms with E-state index in [-0.39, 0.29) is 12.1 Å². The van der Waals surface area contributed by atoms with Crippen LogP contribution in [0.3, 0.4) is 0 Å². The number of rotatable bonds is 5. The van der Waals surface area contributed by atoms with Gasteiger partial charge in [0.15, 0.2) is 16.7 Å². The monoisotopic (exact) mass is 383 g/mol. The molecule has 1 aromatic carbocycles. The van der Waals surface area contributed by atoms with Gasteiger partial charge in [-0.25, -0.2) is 0 Å². The number of methoxy groups -OCH3 is 2. The predicted octanol–water partition coefficient (Wildman–Crippen LogP) is 4.39. The lowest BCUT2D eigenvalue weighted by Gasteiger charge is -2.33. The van der Waals surface area contributed by atoms with Crippen LogP contribution in [0.1, 0.15) is 42.2 Å². The molecular weight excluding hydrogens is 358 g/mol. The molecule has 5 nitrogen and oxygen atoms in total. The zero-order chi connectivity index (χ0) is 19.0. The minimum atomic E-state index is -0.0140. The topological polar surface area (TPSA) is 47.0 Å². The summed E-state index contributed by atoms with van der Waals surface area (Å²) in [5, 5.41) is 1.14. The van der Waals surface area contributed by atoms with Crippen molar-refractivity contribution in [3.8, 4) is 11.5 Å². The van der Waals surface area contributed by atoms with Gasteiger partial charge < -0.3 is 14.4 Å². The maximum absolute atomic E-state index is 5.60. The molecule has 4 rings (SSSR count). The molecule has 0 bridgehead atoms. The number of hydrogen-bond acceptors (Lipinski definition) is 6. The van der Waals surface area contributed by atoms with Crippen LogP contribution in [0, 0.1) is 6.92 Å². The van der Waals surface area contributed by atoms with Gasteiger partial charge in [-0.15, -0.1) is 0 Å². The van der Waals surface area contributed by atoms with E-state index < -0.39 is 0 Å². The zero-order valence-electron chi connectivity index (χ0n) is 16.2. The van der Waals surface area contributed by atoms with Crippen molar-refractivity contribution in [1.82, 2.24) is 9.88 Å². The molecular formula is C21H25N3O2S. The maximum Gasteiger partial charge on any atom is 0.161 e. The SMILES string of the molecule is CC[C@H]1CSC2=N[C@H](c3ccccn3)[C@@H](c3cc(OC)c(OC)cc3C)N21. The summed E-state index contributed by atoms with van der Waals surface area (Å²) in [7, 11) is 3.36. The smallest absolute Gasteiger partial charge is 0.161 e. The lowest BCUT2D eigenvalue weighted by Crippen LogP contribution is -2.35. The zero-order valence-corrected chi connectivity index (χ0v) is 17.0. The van der Waals surface area contributed by atoms with Crippen LogP contribution in [-0.2, 0) is 0 Å². The van der Waals surface area contributed by atoms with E-state index in [1.54, 1.807) is 14.2 Å². The number of fused-ring (bicyclic) bond motifs is 1. The van der Waals surface area contributed by atoms with Crippen molar-refractivity contribution >= 4 is 16.9 Å². The summed E-state index contributed by atoms with van der Waals surface area (Å²) in [5.41, 5.74) is 3.42. The molecule has 0 spiro atoms. The van der Waals surface area contributed by atoms with Crippen LogP contribution in [0.5, 0.6) is 11.5 Å². The van der Waals surface area contributed by atoms with Gasteiger partial charge in [0.1, 0.15) is 6.04 Å². The van der Waals surface area contributed by atoms with E-state index in [0.29, 0.717) is 6.04 Å². The molecule has 0 N–H and O–H groups in total. The first-order valence-corrected chi connectivity index (χ1v) is 10.3. The highest BCUT2D eigenvalue weighted by Gasteiger charge is 2.46. The van der Waals surface area contributed by atoms with Crippen LogP contribution in [0.15, 0.2) is 41.5 Å². The second kappa shape index (κ2) is 7.43. The molecule has 2 aliphatic heterocycles. The Kier molecular flexibility index (Phi) is 5.00. The Morgan fingerprint density at radius 2 is 1.96 bits per heavy atom. The van der Waals surface area contributed by atoms with Gasteiger partial charge in [0.25, 0.3) is 0 Å². The largest absolute Gasteiger partial charge is 0.493 e. The van der Waals surface area contributed by atoms with Crippen molar-refractivity contribution in [3.63, 3.8) is 0 Å². The number of hydrogen-bond donors (Lipinski definition) is 0. The number of ether oxygens (including phenoxy) is 2. The maximum atomic E-state index is 5.60. The fourth-order valence-electron chi connectivity index (χ4n) is 4.00. The van der Waals surface area contributed by atoms with Gasteiger partial charge in [0.05, 0.1) is 26.0 Å². The Balaban J connectivity index is 1.84. The number of amidine groups is 1. The van der Waals surface area contributed by atoms with Gasteiger partial charge in [-0.3, -0.25) is 9.98 Å². The Bertz CT molecular complexity index is 856. The molecule has 142 valence electrons. The van der Waals surface area contributed by atoms with Crippen LogP contribution in [0.2, 0.25) is 0 Å². The molecule has 1 saturated heterocycles. The number of aryl methyl sites for hydroxylation is 1. The second-order valence-corrected chi connectivity index (χ2v) is 7.89. The first-order valence-electron chi connectivity index (χ1n) is 9.30. The number of aromatic nitrogens is 1. The summed E-state index contributed by atoms with van der Waals surface area (Å²) in [4.78, 5) is 12.2. The van der Waals surface area contributed by atoms with Crippen molar-refractivity contribution in [2.75, 3.05) is 20.0 Å². The summed E-state index contributed by atoms with van der Waals surface area (Å²) in [6, 6.07) is 10.8. The summed E-state index contributed by atoms with van der Waals surface area (Å²) < 4.78 is 11.1. The molecule has 0 saturated carbocycles. The quantitative estimate of drug-likeness (QED) is 0.766.